The predicted octanol–water partition coefficient (Wildman–Crippen LogP) is 7.14. The molecule has 0 fully saturated rings. The third-order valence-corrected chi connectivity index (χ3v) is 4.24. The lowest BCUT2D eigenvalue weighted by Gasteiger charge is -2.08. The second-order valence-electron chi connectivity index (χ2n) is 5.98. The van der Waals surface area contributed by atoms with Crippen LogP contribution in [0.15, 0.2) is 67.3 Å². The van der Waals surface area contributed by atoms with Crippen molar-refractivity contribution in [2.75, 3.05) is 0 Å². The van der Waals surface area contributed by atoms with Crippen LogP contribution in [-0.2, 0) is 6.42 Å². The van der Waals surface area contributed by atoms with Crippen LogP contribution in [0.2, 0.25) is 0 Å². The zero-order chi connectivity index (χ0) is 18.7. The standard InChI is InChI=1S/C22H16F4/c1-2-3-4-14-5-7-15(8-6-14)16-9-10-18-17(11-16)12-20(23)19(22(18)26)13-21(24)25/h2,5-13H,1,3-4H2. The summed E-state index contributed by atoms with van der Waals surface area (Å²) in [6.07, 6.45) is 1.72. The third-order valence-electron chi connectivity index (χ3n) is 4.24. The molecule has 0 N–H and O–H groups in total. The highest BCUT2D eigenvalue weighted by Gasteiger charge is 2.14. The van der Waals surface area contributed by atoms with E-state index in [0.29, 0.717) is 5.39 Å². The molecule has 0 nitrogen and oxygen atoms in total. The van der Waals surface area contributed by atoms with Crippen molar-refractivity contribution in [1.29, 1.82) is 0 Å². The van der Waals surface area contributed by atoms with E-state index in [1.54, 1.807) is 12.1 Å². The highest BCUT2D eigenvalue weighted by atomic mass is 19.3. The van der Waals surface area contributed by atoms with Crippen LogP contribution in [-0.4, -0.2) is 0 Å². The summed E-state index contributed by atoms with van der Waals surface area (Å²) in [7, 11) is 0. The first-order chi connectivity index (χ1) is 12.5. The maximum Gasteiger partial charge on any atom is 0.271 e. The summed E-state index contributed by atoms with van der Waals surface area (Å²) in [5, 5.41) is 0.426. The fourth-order valence-corrected chi connectivity index (χ4v) is 2.90. The molecule has 0 heterocycles. The van der Waals surface area contributed by atoms with Crippen molar-refractivity contribution >= 4 is 16.8 Å². The molecule has 0 saturated carbocycles. The molecule has 0 spiro atoms. The van der Waals surface area contributed by atoms with E-state index in [0.717, 1.165) is 30.0 Å². The van der Waals surface area contributed by atoms with Crippen molar-refractivity contribution in [1.82, 2.24) is 0 Å². The molecule has 0 radical (unpaired) electrons. The van der Waals surface area contributed by atoms with Gasteiger partial charge in [0.2, 0.25) is 0 Å². The van der Waals surface area contributed by atoms with Crippen LogP contribution >= 0.6 is 0 Å². The molecule has 0 aliphatic rings. The van der Waals surface area contributed by atoms with E-state index in [4.69, 9.17) is 0 Å². The van der Waals surface area contributed by atoms with Gasteiger partial charge in [-0.1, -0.05) is 42.5 Å². The summed E-state index contributed by atoms with van der Waals surface area (Å²) in [5.74, 6) is -2.00. The maximum atomic E-state index is 14.4. The Hall–Kier alpha value is -2.88. The molecule has 0 atom stereocenters. The third kappa shape index (κ3) is 3.69. The summed E-state index contributed by atoms with van der Waals surface area (Å²) in [5.41, 5.74) is 2.16. The first kappa shape index (κ1) is 17.9. The number of allylic oxidation sites excluding steroid dienone is 1. The fraction of sp³-hybridized carbons (Fsp3) is 0.0909. The number of fused-ring (bicyclic) bond motifs is 1. The monoisotopic (exact) mass is 356 g/mol. The number of halogens is 4. The van der Waals surface area contributed by atoms with Gasteiger partial charge >= 0.3 is 0 Å². The second kappa shape index (κ2) is 7.56. The fourth-order valence-electron chi connectivity index (χ4n) is 2.90. The first-order valence-electron chi connectivity index (χ1n) is 8.14. The molecular formula is C22H16F4. The molecule has 0 aromatic heterocycles. The number of aryl methyl sites for hydroxylation is 1. The zero-order valence-corrected chi connectivity index (χ0v) is 13.9. The SMILES string of the molecule is C=CCCc1ccc(-c2ccc3c(F)c(C=C(F)F)c(F)cc3c2)cc1. The van der Waals surface area contributed by atoms with Gasteiger partial charge in [-0.2, -0.15) is 8.78 Å². The number of benzene rings is 3. The minimum atomic E-state index is -2.14. The van der Waals surface area contributed by atoms with Gasteiger partial charge in [-0.25, -0.2) is 8.78 Å². The highest BCUT2D eigenvalue weighted by molar-refractivity contribution is 5.89. The first-order valence-corrected chi connectivity index (χ1v) is 8.14. The van der Waals surface area contributed by atoms with Crippen LogP contribution in [0, 0.1) is 11.6 Å². The molecule has 0 bridgehead atoms. The van der Waals surface area contributed by atoms with Crippen LogP contribution < -0.4 is 0 Å². The summed E-state index contributed by atoms with van der Waals surface area (Å²) in [6.45, 7) is 3.70. The molecule has 0 aliphatic carbocycles. The van der Waals surface area contributed by atoms with E-state index < -0.39 is 23.3 Å². The van der Waals surface area contributed by atoms with Gasteiger partial charge < -0.3 is 0 Å². The molecule has 0 aliphatic heterocycles. The lowest BCUT2D eigenvalue weighted by Crippen LogP contribution is -1.92. The Labute approximate surface area is 149 Å². The number of rotatable bonds is 5. The topological polar surface area (TPSA) is 0 Å². The molecule has 0 unspecified atom stereocenters. The van der Waals surface area contributed by atoms with Gasteiger partial charge in [0.1, 0.15) is 11.6 Å². The smallest absolute Gasteiger partial charge is 0.206 e. The van der Waals surface area contributed by atoms with Gasteiger partial charge in [-0.15, -0.1) is 6.58 Å². The van der Waals surface area contributed by atoms with Gasteiger partial charge in [0, 0.05) is 11.5 Å². The van der Waals surface area contributed by atoms with Gasteiger partial charge in [-0.3, -0.25) is 0 Å². The van der Waals surface area contributed by atoms with Crippen LogP contribution in [0.3, 0.4) is 0 Å². The van der Waals surface area contributed by atoms with Gasteiger partial charge in [-0.05, 0) is 47.1 Å². The zero-order valence-electron chi connectivity index (χ0n) is 13.9. The van der Waals surface area contributed by atoms with Crippen molar-refractivity contribution in [2.45, 2.75) is 12.8 Å². The van der Waals surface area contributed by atoms with Crippen molar-refractivity contribution < 1.29 is 17.6 Å². The Morgan fingerprint density at radius 3 is 2.27 bits per heavy atom. The van der Waals surface area contributed by atoms with E-state index in [1.807, 2.05) is 30.3 Å². The van der Waals surface area contributed by atoms with Crippen LogP contribution in [0.5, 0.6) is 0 Å². The number of hydrogen-bond donors (Lipinski definition) is 0. The molecule has 0 saturated heterocycles. The van der Waals surface area contributed by atoms with E-state index in [2.05, 4.69) is 6.58 Å². The highest BCUT2D eigenvalue weighted by Crippen LogP contribution is 2.30. The summed E-state index contributed by atoms with van der Waals surface area (Å²) in [6, 6.07) is 13.8. The lowest BCUT2D eigenvalue weighted by atomic mass is 9.98. The lowest BCUT2D eigenvalue weighted by molar-refractivity contribution is 0.428. The Balaban J connectivity index is 2.02. The van der Waals surface area contributed by atoms with Crippen molar-refractivity contribution in [3.05, 3.63) is 90.0 Å². The van der Waals surface area contributed by atoms with Crippen molar-refractivity contribution in [3.63, 3.8) is 0 Å². The van der Waals surface area contributed by atoms with E-state index in [1.165, 1.54) is 11.6 Å². The molecule has 3 aromatic rings. The molecule has 3 rings (SSSR count). The van der Waals surface area contributed by atoms with Crippen LogP contribution in [0.25, 0.3) is 28.0 Å². The summed E-state index contributed by atoms with van der Waals surface area (Å²) >= 11 is 0. The van der Waals surface area contributed by atoms with Gasteiger partial charge in [0.15, 0.2) is 0 Å². The molecule has 26 heavy (non-hydrogen) atoms. The maximum absolute atomic E-state index is 14.4. The van der Waals surface area contributed by atoms with E-state index >= 15 is 0 Å². The van der Waals surface area contributed by atoms with Crippen molar-refractivity contribution in [3.8, 4) is 11.1 Å². The van der Waals surface area contributed by atoms with Gasteiger partial charge in [0.05, 0.1) is 5.56 Å². The van der Waals surface area contributed by atoms with Crippen molar-refractivity contribution in [2.24, 2.45) is 0 Å². The molecule has 4 heteroatoms. The van der Waals surface area contributed by atoms with E-state index in [9.17, 15) is 17.6 Å². The Kier molecular flexibility index (Phi) is 5.21. The molecule has 132 valence electrons. The Morgan fingerprint density at radius 2 is 1.62 bits per heavy atom. The quantitative estimate of drug-likeness (QED) is 0.337. The average Bonchev–Trinajstić information content (AvgIpc) is 2.63. The molecule has 0 amide bonds. The molecular weight excluding hydrogens is 340 g/mol. The number of hydrogen-bond acceptors (Lipinski definition) is 0. The summed E-state index contributed by atoms with van der Waals surface area (Å²) < 4.78 is 53.2. The van der Waals surface area contributed by atoms with Crippen LogP contribution in [0.4, 0.5) is 17.6 Å². The van der Waals surface area contributed by atoms with Gasteiger partial charge in [0.25, 0.3) is 6.08 Å². The minimum absolute atomic E-state index is 0.102. The normalized spacial score (nSPS) is 10.8. The predicted molar refractivity (Wildman–Crippen MR) is 98.0 cm³/mol. The molecule has 3 aromatic carbocycles. The largest absolute Gasteiger partial charge is 0.271 e. The summed E-state index contributed by atoms with van der Waals surface area (Å²) in [4.78, 5) is 0. The van der Waals surface area contributed by atoms with Crippen LogP contribution in [0.1, 0.15) is 17.5 Å². The minimum Gasteiger partial charge on any atom is -0.206 e. The Morgan fingerprint density at radius 1 is 0.923 bits per heavy atom. The second-order valence-corrected chi connectivity index (χ2v) is 5.98. The Bertz CT molecular complexity index is 981. The van der Waals surface area contributed by atoms with E-state index in [-0.39, 0.29) is 11.5 Å². The average molecular weight is 356 g/mol.